The first-order valence-corrected chi connectivity index (χ1v) is 7.36. The van der Waals surface area contributed by atoms with E-state index in [2.05, 4.69) is 0 Å². The molecule has 1 aromatic rings. The Hall–Kier alpha value is -0.800. The molecule has 0 spiro atoms. The van der Waals surface area contributed by atoms with E-state index in [1.165, 1.54) is 24.3 Å². The quantitative estimate of drug-likeness (QED) is 0.465. The fourth-order valence-corrected chi connectivity index (χ4v) is 2.95. The first-order chi connectivity index (χ1) is 7.99. The van der Waals surface area contributed by atoms with Gasteiger partial charge in [-0.15, -0.1) is 0 Å². The lowest BCUT2D eigenvalue weighted by atomic mass is 10.4. The van der Waals surface area contributed by atoms with Crippen molar-refractivity contribution < 1.29 is 22.0 Å². The normalized spacial score (nSPS) is 13.5. The smallest absolute Gasteiger partial charge is 0.263 e. The topological polar surface area (TPSA) is 95.5 Å². The minimum absolute atomic E-state index is 0.210. The van der Waals surface area contributed by atoms with Gasteiger partial charge in [-0.1, -0.05) is 23.9 Å². The predicted octanol–water partition coefficient (Wildman–Crippen LogP) is 0.545. The third-order valence-electron chi connectivity index (χ3n) is 1.79. The Labute approximate surface area is 102 Å². The number of hydrogen-bond acceptors (Lipinski definition) is 5. The monoisotopic (exact) mass is 278 g/mol. The van der Waals surface area contributed by atoms with Gasteiger partial charge in [-0.2, -0.15) is 0 Å². The van der Waals surface area contributed by atoms with E-state index in [-0.39, 0.29) is 16.4 Å². The van der Waals surface area contributed by atoms with Gasteiger partial charge < -0.3 is 4.55 Å². The molecular formula is C9H12NO5S2-. The molecule has 0 saturated carbocycles. The zero-order valence-corrected chi connectivity index (χ0v) is 10.7. The summed E-state index contributed by atoms with van der Waals surface area (Å²) in [6.07, 6.45) is 0.637. The maximum Gasteiger partial charge on any atom is 0.263 e. The lowest BCUT2D eigenvalue weighted by Gasteiger charge is -2.12. The van der Waals surface area contributed by atoms with Gasteiger partial charge in [0.05, 0.1) is 11.5 Å². The van der Waals surface area contributed by atoms with Gasteiger partial charge >= 0.3 is 0 Å². The highest BCUT2D eigenvalue weighted by molar-refractivity contribution is 7.90. The van der Waals surface area contributed by atoms with Gasteiger partial charge in [0, 0.05) is 4.90 Å². The minimum atomic E-state index is -3.97. The standard InChI is InChI=1S/C9H13NO5S2/c1-2-7-15-10-17(13,14)9-6-4-3-5-8(9)16(11)12/h3-6,10H,2,7H2,1H3,(H,11,12)/p-1. The molecule has 0 fully saturated rings. The summed E-state index contributed by atoms with van der Waals surface area (Å²) < 4.78 is 45.2. The highest BCUT2D eigenvalue weighted by Crippen LogP contribution is 2.17. The van der Waals surface area contributed by atoms with Gasteiger partial charge in [-0.05, 0) is 29.6 Å². The number of sulfonamides is 1. The van der Waals surface area contributed by atoms with Gasteiger partial charge in [-0.25, -0.2) is 8.42 Å². The van der Waals surface area contributed by atoms with Crippen molar-refractivity contribution in [3.8, 4) is 0 Å². The average Bonchev–Trinajstić information content (AvgIpc) is 2.29. The Morgan fingerprint density at radius 2 is 2.06 bits per heavy atom. The fraction of sp³-hybridized carbons (Fsp3) is 0.333. The van der Waals surface area contributed by atoms with Crippen LogP contribution in [-0.2, 0) is 25.9 Å². The van der Waals surface area contributed by atoms with Crippen LogP contribution in [0.15, 0.2) is 34.1 Å². The van der Waals surface area contributed by atoms with Crippen molar-refractivity contribution in [2.75, 3.05) is 6.61 Å². The molecule has 96 valence electrons. The van der Waals surface area contributed by atoms with Gasteiger partial charge in [0.25, 0.3) is 10.0 Å². The van der Waals surface area contributed by atoms with E-state index in [0.29, 0.717) is 6.42 Å². The lowest BCUT2D eigenvalue weighted by molar-refractivity contribution is 0.0937. The molecule has 0 radical (unpaired) electrons. The van der Waals surface area contributed by atoms with Crippen LogP contribution in [0.5, 0.6) is 0 Å². The second kappa shape index (κ2) is 6.22. The molecule has 0 aromatic heterocycles. The minimum Gasteiger partial charge on any atom is -0.768 e. The van der Waals surface area contributed by atoms with Crippen molar-refractivity contribution in [3.63, 3.8) is 0 Å². The molecule has 1 aromatic carbocycles. The molecule has 0 aliphatic rings. The van der Waals surface area contributed by atoms with Crippen molar-refractivity contribution in [1.29, 1.82) is 0 Å². The summed E-state index contributed by atoms with van der Waals surface area (Å²) in [5, 5.41) is 0. The molecule has 0 aliphatic carbocycles. The molecule has 1 atom stereocenters. The summed E-state index contributed by atoms with van der Waals surface area (Å²) in [4.78, 5) is 5.95. The van der Waals surface area contributed by atoms with Gasteiger partial charge in [0.15, 0.2) is 0 Å². The average molecular weight is 278 g/mol. The third-order valence-corrected chi connectivity index (χ3v) is 3.91. The van der Waals surface area contributed by atoms with Crippen LogP contribution in [0.4, 0.5) is 0 Å². The maximum atomic E-state index is 11.7. The van der Waals surface area contributed by atoms with Crippen LogP contribution >= 0.6 is 0 Å². The van der Waals surface area contributed by atoms with Crippen molar-refractivity contribution in [2.45, 2.75) is 23.1 Å². The van der Waals surface area contributed by atoms with Crippen LogP contribution in [0.25, 0.3) is 0 Å². The second-order valence-corrected chi connectivity index (χ2v) is 5.64. The Kier molecular flexibility index (Phi) is 5.22. The van der Waals surface area contributed by atoms with Crippen LogP contribution in [-0.4, -0.2) is 23.8 Å². The van der Waals surface area contributed by atoms with Crippen molar-refractivity contribution in [1.82, 2.24) is 4.89 Å². The van der Waals surface area contributed by atoms with Crippen LogP contribution in [0.3, 0.4) is 0 Å². The first kappa shape index (κ1) is 14.3. The number of benzene rings is 1. The van der Waals surface area contributed by atoms with Crippen molar-refractivity contribution in [2.24, 2.45) is 0 Å². The molecule has 8 heteroatoms. The van der Waals surface area contributed by atoms with E-state index in [9.17, 15) is 17.2 Å². The van der Waals surface area contributed by atoms with E-state index in [0.717, 1.165) is 0 Å². The SMILES string of the molecule is CCCONS(=O)(=O)c1ccccc1S(=O)[O-]. The summed E-state index contributed by atoms with van der Waals surface area (Å²) in [5.41, 5.74) is 0. The molecule has 1 N–H and O–H groups in total. The fourth-order valence-electron chi connectivity index (χ4n) is 1.08. The molecule has 0 saturated heterocycles. The number of hydrogen-bond donors (Lipinski definition) is 1. The van der Waals surface area contributed by atoms with E-state index >= 15 is 0 Å². The molecule has 0 aliphatic heterocycles. The molecule has 17 heavy (non-hydrogen) atoms. The van der Waals surface area contributed by atoms with E-state index in [1.54, 1.807) is 0 Å². The Morgan fingerprint density at radius 3 is 2.65 bits per heavy atom. The molecular weight excluding hydrogens is 266 g/mol. The molecule has 1 unspecified atom stereocenters. The summed E-state index contributed by atoms with van der Waals surface area (Å²) >= 11 is -2.62. The zero-order valence-electron chi connectivity index (χ0n) is 9.08. The third kappa shape index (κ3) is 3.86. The summed E-state index contributed by atoms with van der Waals surface area (Å²) in [6, 6.07) is 5.28. The highest BCUT2D eigenvalue weighted by atomic mass is 32.2. The second-order valence-electron chi connectivity index (χ2n) is 3.12. The molecule has 6 nitrogen and oxygen atoms in total. The maximum absolute atomic E-state index is 11.7. The Balaban J connectivity index is 3.02. The van der Waals surface area contributed by atoms with Gasteiger partial charge in [0.2, 0.25) is 0 Å². The van der Waals surface area contributed by atoms with Crippen molar-refractivity contribution >= 4 is 21.1 Å². The highest BCUT2D eigenvalue weighted by Gasteiger charge is 2.18. The van der Waals surface area contributed by atoms with Crippen LogP contribution in [0.1, 0.15) is 13.3 Å². The van der Waals surface area contributed by atoms with Gasteiger partial charge in [-0.3, -0.25) is 9.05 Å². The van der Waals surface area contributed by atoms with Crippen LogP contribution in [0.2, 0.25) is 0 Å². The molecule has 0 amide bonds. The van der Waals surface area contributed by atoms with E-state index in [1.807, 2.05) is 11.8 Å². The number of nitrogens with one attached hydrogen (secondary N) is 1. The van der Waals surface area contributed by atoms with Crippen LogP contribution in [0, 0.1) is 0 Å². The number of rotatable bonds is 6. The van der Waals surface area contributed by atoms with Crippen molar-refractivity contribution in [3.05, 3.63) is 24.3 Å². The molecule has 0 heterocycles. The van der Waals surface area contributed by atoms with Crippen LogP contribution < -0.4 is 4.89 Å². The summed E-state index contributed by atoms with van der Waals surface area (Å²) in [6.45, 7) is 2.02. The van der Waals surface area contributed by atoms with E-state index < -0.39 is 21.1 Å². The predicted molar refractivity (Wildman–Crippen MR) is 60.2 cm³/mol. The molecule has 1 rings (SSSR count). The first-order valence-electron chi connectivity index (χ1n) is 4.81. The zero-order chi connectivity index (χ0) is 12.9. The summed E-state index contributed by atoms with van der Waals surface area (Å²) in [5.74, 6) is 0. The van der Waals surface area contributed by atoms with Gasteiger partial charge in [0.1, 0.15) is 0 Å². The van der Waals surface area contributed by atoms with E-state index in [4.69, 9.17) is 4.84 Å². The molecule has 0 bridgehead atoms. The summed E-state index contributed by atoms with van der Waals surface area (Å²) in [7, 11) is -3.97. The Bertz CT molecular complexity index is 500. The Morgan fingerprint density at radius 1 is 1.41 bits per heavy atom. The lowest BCUT2D eigenvalue weighted by Crippen LogP contribution is -2.25. The largest absolute Gasteiger partial charge is 0.768 e.